The molecule has 0 saturated carbocycles. The first kappa shape index (κ1) is 19.0. The van der Waals surface area contributed by atoms with Gasteiger partial charge in [-0.05, 0) is 48.9 Å². The SMILES string of the molecule is CCN(Cc1nccn1Cc1ccc(OC)cc1)C(=O)c1ccc(Cl)cc1. The largest absolute Gasteiger partial charge is 0.497 e. The van der Waals surface area contributed by atoms with Crippen LogP contribution in [0, 0.1) is 0 Å². The van der Waals surface area contributed by atoms with Gasteiger partial charge in [-0.15, -0.1) is 0 Å². The molecule has 0 fully saturated rings. The van der Waals surface area contributed by atoms with Gasteiger partial charge in [0.15, 0.2) is 0 Å². The maximum atomic E-state index is 12.8. The lowest BCUT2D eigenvalue weighted by Crippen LogP contribution is -2.31. The van der Waals surface area contributed by atoms with Crippen LogP contribution in [0.2, 0.25) is 5.02 Å². The van der Waals surface area contributed by atoms with Crippen molar-refractivity contribution >= 4 is 17.5 Å². The van der Waals surface area contributed by atoms with Gasteiger partial charge in [0.25, 0.3) is 5.91 Å². The van der Waals surface area contributed by atoms with Crippen LogP contribution in [-0.2, 0) is 13.1 Å². The molecule has 3 aromatic rings. The van der Waals surface area contributed by atoms with E-state index >= 15 is 0 Å². The Morgan fingerprint density at radius 2 is 1.85 bits per heavy atom. The molecule has 0 saturated heterocycles. The van der Waals surface area contributed by atoms with Crippen LogP contribution in [0.15, 0.2) is 60.9 Å². The van der Waals surface area contributed by atoms with Gasteiger partial charge in [0, 0.05) is 36.1 Å². The van der Waals surface area contributed by atoms with E-state index in [2.05, 4.69) is 9.55 Å². The maximum Gasteiger partial charge on any atom is 0.254 e. The van der Waals surface area contributed by atoms with E-state index in [1.54, 1.807) is 42.5 Å². The molecule has 27 heavy (non-hydrogen) atoms. The van der Waals surface area contributed by atoms with Gasteiger partial charge in [0.1, 0.15) is 11.6 Å². The molecule has 0 unspecified atom stereocenters. The fourth-order valence-corrected chi connectivity index (χ4v) is 2.96. The lowest BCUT2D eigenvalue weighted by molar-refractivity contribution is 0.0747. The van der Waals surface area contributed by atoms with Gasteiger partial charge in [-0.1, -0.05) is 23.7 Å². The second kappa shape index (κ2) is 8.73. The Morgan fingerprint density at radius 3 is 2.48 bits per heavy atom. The summed E-state index contributed by atoms with van der Waals surface area (Å²) >= 11 is 5.92. The second-order valence-corrected chi connectivity index (χ2v) is 6.58. The number of imidazole rings is 1. The van der Waals surface area contributed by atoms with Crippen LogP contribution < -0.4 is 4.74 Å². The zero-order valence-corrected chi connectivity index (χ0v) is 16.2. The molecule has 0 aliphatic heterocycles. The van der Waals surface area contributed by atoms with Crippen molar-refractivity contribution in [2.24, 2.45) is 0 Å². The van der Waals surface area contributed by atoms with Gasteiger partial charge in [-0.25, -0.2) is 4.98 Å². The van der Waals surface area contributed by atoms with Crippen LogP contribution in [-0.4, -0.2) is 34.0 Å². The van der Waals surface area contributed by atoms with Crippen molar-refractivity contribution in [2.45, 2.75) is 20.0 Å². The Hall–Kier alpha value is -2.79. The van der Waals surface area contributed by atoms with Crippen molar-refractivity contribution in [3.05, 3.63) is 82.9 Å². The molecule has 1 aromatic heterocycles. The lowest BCUT2D eigenvalue weighted by atomic mass is 10.2. The summed E-state index contributed by atoms with van der Waals surface area (Å²) in [7, 11) is 1.65. The summed E-state index contributed by atoms with van der Waals surface area (Å²) in [5.41, 5.74) is 1.76. The second-order valence-electron chi connectivity index (χ2n) is 6.15. The third-order valence-corrected chi connectivity index (χ3v) is 4.66. The highest BCUT2D eigenvalue weighted by Crippen LogP contribution is 2.15. The molecule has 1 amide bonds. The Balaban J connectivity index is 1.73. The molecule has 140 valence electrons. The van der Waals surface area contributed by atoms with Gasteiger partial charge < -0.3 is 14.2 Å². The zero-order chi connectivity index (χ0) is 19.2. The smallest absolute Gasteiger partial charge is 0.254 e. The summed E-state index contributed by atoms with van der Waals surface area (Å²) in [6.07, 6.45) is 3.69. The molecule has 6 heteroatoms. The summed E-state index contributed by atoms with van der Waals surface area (Å²) in [6, 6.07) is 14.9. The van der Waals surface area contributed by atoms with E-state index in [0.29, 0.717) is 30.2 Å². The molecule has 5 nitrogen and oxygen atoms in total. The van der Waals surface area contributed by atoms with Crippen molar-refractivity contribution in [3.63, 3.8) is 0 Å². The Bertz CT molecular complexity index is 889. The predicted octanol–water partition coefficient (Wildman–Crippen LogP) is 4.26. The molecule has 0 spiro atoms. The van der Waals surface area contributed by atoms with Crippen LogP contribution >= 0.6 is 11.6 Å². The average Bonchev–Trinajstić information content (AvgIpc) is 3.13. The maximum absolute atomic E-state index is 12.8. The fraction of sp³-hybridized carbons (Fsp3) is 0.238. The van der Waals surface area contributed by atoms with Crippen LogP contribution in [0.5, 0.6) is 5.75 Å². The van der Waals surface area contributed by atoms with E-state index in [4.69, 9.17) is 16.3 Å². The number of ether oxygens (including phenoxy) is 1. The number of amides is 1. The lowest BCUT2D eigenvalue weighted by Gasteiger charge is -2.21. The molecule has 3 rings (SSSR count). The number of hydrogen-bond acceptors (Lipinski definition) is 3. The van der Waals surface area contributed by atoms with Crippen molar-refractivity contribution in [1.82, 2.24) is 14.5 Å². The van der Waals surface area contributed by atoms with E-state index in [1.807, 2.05) is 37.4 Å². The number of hydrogen-bond donors (Lipinski definition) is 0. The Labute approximate surface area is 164 Å². The highest BCUT2D eigenvalue weighted by atomic mass is 35.5. The van der Waals surface area contributed by atoms with Crippen LogP contribution in [0.1, 0.15) is 28.7 Å². The number of aromatic nitrogens is 2. The van der Waals surface area contributed by atoms with E-state index in [1.165, 1.54) is 0 Å². The number of rotatable bonds is 7. The summed E-state index contributed by atoms with van der Waals surface area (Å²) in [5, 5.41) is 0.615. The van der Waals surface area contributed by atoms with Crippen molar-refractivity contribution < 1.29 is 9.53 Å². The summed E-state index contributed by atoms with van der Waals surface area (Å²) in [5.74, 6) is 1.64. The molecular weight excluding hydrogens is 362 g/mol. The fourth-order valence-electron chi connectivity index (χ4n) is 2.84. The number of carbonyl (C=O) groups excluding carboxylic acids is 1. The highest BCUT2D eigenvalue weighted by Gasteiger charge is 2.17. The topological polar surface area (TPSA) is 47.4 Å². The standard InChI is InChI=1S/C21H22ClN3O2/c1-3-24(21(26)17-6-8-18(22)9-7-17)15-20-23-12-13-25(20)14-16-4-10-19(27-2)11-5-16/h4-13H,3,14-15H2,1-2H3. The van der Waals surface area contributed by atoms with Crippen molar-refractivity contribution in [1.29, 1.82) is 0 Å². The van der Waals surface area contributed by atoms with Crippen LogP contribution in [0.25, 0.3) is 0 Å². The van der Waals surface area contributed by atoms with Gasteiger partial charge in [0.2, 0.25) is 0 Å². The number of benzene rings is 2. The first-order valence-corrected chi connectivity index (χ1v) is 9.16. The van der Waals surface area contributed by atoms with Gasteiger partial charge >= 0.3 is 0 Å². The van der Waals surface area contributed by atoms with Gasteiger partial charge in [-0.3, -0.25) is 4.79 Å². The number of carbonyl (C=O) groups is 1. The van der Waals surface area contributed by atoms with E-state index in [0.717, 1.165) is 17.1 Å². The third kappa shape index (κ3) is 4.68. The molecule has 0 N–H and O–H groups in total. The zero-order valence-electron chi connectivity index (χ0n) is 15.4. The number of methoxy groups -OCH3 is 1. The van der Waals surface area contributed by atoms with E-state index < -0.39 is 0 Å². The van der Waals surface area contributed by atoms with Crippen LogP contribution in [0.3, 0.4) is 0 Å². The minimum atomic E-state index is -0.0341. The van der Waals surface area contributed by atoms with E-state index in [-0.39, 0.29) is 5.91 Å². The molecule has 0 bridgehead atoms. The molecule has 0 atom stereocenters. The number of halogens is 1. The number of nitrogens with zero attached hydrogens (tertiary/aromatic N) is 3. The normalized spacial score (nSPS) is 10.6. The quantitative estimate of drug-likeness (QED) is 0.612. The average molecular weight is 384 g/mol. The van der Waals surface area contributed by atoms with Gasteiger partial charge in [-0.2, -0.15) is 0 Å². The van der Waals surface area contributed by atoms with E-state index in [9.17, 15) is 4.79 Å². The third-order valence-electron chi connectivity index (χ3n) is 4.41. The minimum Gasteiger partial charge on any atom is -0.497 e. The molecule has 0 aliphatic carbocycles. The van der Waals surface area contributed by atoms with Crippen molar-refractivity contribution in [3.8, 4) is 5.75 Å². The molecular formula is C21H22ClN3O2. The predicted molar refractivity (Wildman–Crippen MR) is 106 cm³/mol. The summed E-state index contributed by atoms with van der Waals surface area (Å²) in [6.45, 7) is 3.69. The summed E-state index contributed by atoms with van der Waals surface area (Å²) in [4.78, 5) is 19.0. The monoisotopic (exact) mass is 383 g/mol. The van der Waals surface area contributed by atoms with Crippen molar-refractivity contribution in [2.75, 3.05) is 13.7 Å². The summed E-state index contributed by atoms with van der Waals surface area (Å²) < 4.78 is 7.25. The molecule has 2 aromatic carbocycles. The first-order valence-electron chi connectivity index (χ1n) is 8.78. The van der Waals surface area contributed by atoms with Gasteiger partial charge in [0.05, 0.1) is 13.7 Å². The van der Waals surface area contributed by atoms with Crippen LogP contribution in [0.4, 0.5) is 0 Å². The highest BCUT2D eigenvalue weighted by molar-refractivity contribution is 6.30. The first-order chi connectivity index (χ1) is 13.1. The molecule has 0 aliphatic rings. The molecule has 1 heterocycles. The minimum absolute atomic E-state index is 0.0341. The Morgan fingerprint density at radius 1 is 1.15 bits per heavy atom. The molecule has 0 radical (unpaired) electrons. The Kier molecular flexibility index (Phi) is 6.14.